The molecular weight excluding hydrogens is 320 g/mol. The van der Waals surface area contributed by atoms with Gasteiger partial charge in [-0.05, 0) is 32.0 Å². The number of carbonyl (C=O) groups excluding carboxylic acids is 1. The van der Waals surface area contributed by atoms with Crippen molar-refractivity contribution in [2.45, 2.75) is 19.4 Å². The third-order valence-electron chi connectivity index (χ3n) is 4.05. The molecule has 0 saturated heterocycles. The third-order valence-corrected chi connectivity index (χ3v) is 4.05. The van der Waals surface area contributed by atoms with Gasteiger partial charge in [0.1, 0.15) is 17.1 Å². The van der Waals surface area contributed by atoms with E-state index in [4.69, 9.17) is 9.15 Å². The number of amides is 1. The largest absolute Gasteiger partial charge is 0.494 e. The number of aryl methyl sites for hydroxylation is 1. The molecule has 2 aromatic heterocycles. The van der Waals surface area contributed by atoms with E-state index in [2.05, 4.69) is 10.3 Å². The molecule has 3 aromatic rings. The van der Waals surface area contributed by atoms with Crippen LogP contribution in [-0.2, 0) is 5.60 Å². The van der Waals surface area contributed by atoms with E-state index >= 15 is 0 Å². The molecule has 0 aliphatic rings. The average molecular weight is 340 g/mol. The highest BCUT2D eigenvalue weighted by Crippen LogP contribution is 2.27. The van der Waals surface area contributed by atoms with Gasteiger partial charge >= 0.3 is 0 Å². The maximum atomic E-state index is 12.8. The second-order valence-corrected chi connectivity index (χ2v) is 6.09. The standard InChI is InChI=1S/C19H20N2O4/c1-12-8-9-16(25-12)19(2,23)11-21-18(22)17-13-6-4-5-7-14(13)20-10-15(17)24-3/h4-10,23H,11H2,1-3H3,(H,21,22). The Morgan fingerprint density at radius 1 is 1.32 bits per heavy atom. The number of nitrogens with one attached hydrogen (secondary N) is 1. The van der Waals surface area contributed by atoms with Crippen LogP contribution < -0.4 is 10.1 Å². The molecule has 0 fully saturated rings. The number of ether oxygens (including phenoxy) is 1. The van der Waals surface area contributed by atoms with Crippen LogP contribution in [0.4, 0.5) is 0 Å². The molecule has 6 heteroatoms. The summed E-state index contributed by atoms with van der Waals surface area (Å²) < 4.78 is 10.8. The van der Waals surface area contributed by atoms with Crippen molar-refractivity contribution in [1.29, 1.82) is 0 Å². The number of carbonyl (C=O) groups is 1. The maximum Gasteiger partial charge on any atom is 0.255 e. The SMILES string of the molecule is COc1cnc2ccccc2c1C(=O)NCC(C)(O)c1ccc(C)o1. The Hall–Kier alpha value is -2.86. The number of hydrogen-bond donors (Lipinski definition) is 2. The van der Waals surface area contributed by atoms with Gasteiger partial charge in [0.15, 0.2) is 5.75 Å². The third kappa shape index (κ3) is 3.34. The van der Waals surface area contributed by atoms with Gasteiger partial charge in [-0.3, -0.25) is 9.78 Å². The van der Waals surface area contributed by atoms with E-state index in [1.807, 2.05) is 24.3 Å². The molecule has 2 N–H and O–H groups in total. The smallest absolute Gasteiger partial charge is 0.255 e. The molecule has 2 heterocycles. The quantitative estimate of drug-likeness (QED) is 0.746. The number of pyridine rings is 1. The molecule has 0 radical (unpaired) electrons. The summed E-state index contributed by atoms with van der Waals surface area (Å²) in [5.74, 6) is 1.13. The van der Waals surface area contributed by atoms with E-state index in [0.29, 0.717) is 33.7 Å². The Morgan fingerprint density at radius 3 is 2.76 bits per heavy atom. The van der Waals surface area contributed by atoms with E-state index in [9.17, 15) is 9.90 Å². The van der Waals surface area contributed by atoms with Gasteiger partial charge in [-0.1, -0.05) is 18.2 Å². The summed E-state index contributed by atoms with van der Waals surface area (Å²) in [7, 11) is 1.49. The van der Waals surface area contributed by atoms with Gasteiger partial charge < -0.3 is 19.6 Å². The number of furan rings is 1. The van der Waals surface area contributed by atoms with Gasteiger partial charge in [0.25, 0.3) is 5.91 Å². The minimum absolute atomic E-state index is 0.00140. The summed E-state index contributed by atoms with van der Waals surface area (Å²) in [6.07, 6.45) is 1.52. The van der Waals surface area contributed by atoms with Gasteiger partial charge in [0.05, 0.1) is 30.9 Å². The molecule has 0 spiro atoms. The van der Waals surface area contributed by atoms with Gasteiger partial charge in [0, 0.05) is 5.39 Å². The number of nitrogens with zero attached hydrogens (tertiary/aromatic N) is 1. The van der Waals surface area contributed by atoms with E-state index in [-0.39, 0.29) is 12.5 Å². The molecule has 130 valence electrons. The molecule has 0 aliphatic carbocycles. The normalized spacial score (nSPS) is 13.4. The lowest BCUT2D eigenvalue weighted by Crippen LogP contribution is -2.38. The minimum atomic E-state index is -1.32. The lowest BCUT2D eigenvalue weighted by Gasteiger charge is -2.22. The molecule has 3 rings (SSSR count). The van der Waals surface area contributed by atoms with E-state index < -0.39 is 5.60 Å². The first-order valence-electron chi connectivity index (χ1n) is 7.91. The van der Waals surface area contributed by atoms with Crippen molar-refractivity contribution in [3.05, 3.63) is 59.7 Å². The molecule has 6 nitrogen and oxygen atoms in total. The zero-order valence-corrected chi connectivity index (χ0v) is 14.4. The van der Waals surface area contributed by atoms with Crippen LogP contribution in [0.5, 0.6) is 5.75 Å². The average Bonchev–Trinajstić information content (AvgIpc) is 3.06. The van der Waals surface area contributed by atoms with Crippen LogP contribution in [0.3, 0.4) is 0 Å². The van der Waals surface area contributed by atoms with Gasteiger partial charge in [-0.15, -0.1) is 0 Å². The van der Waals surface area contributed by atoms with Crippen molar-refractivity contribution >= 4 is 16.8 Å². The second-order valence-electron chi connectivity index (χ2n) is 6.09. The van der Waals surface area contributed by atoms with E-state index in [0.717, 1.165) is 0 Å². The second kappa shape index (κ2) is 6.57. The maximum absolute atomic E-state index is 12.8. The monoisotopic (exact) mass is 340 g/mol. The van der Waals surface area contributed by atoms with Crippen molar-refractivity contribution in [2.24, 2.45) is 0 Å². The molecular formula is C19H20N2O4. The summed E-state index contributed by atoms with van der Waals surface area (Å²) >= 11 is 0. The van der Waals surface area contributed by atoms with Crippen molar-refractivity contribution < 1.29 is 19.1 Å². The number of aromatic nitrogens is 1. The highest BCUT2D eigenvalue weighted by atomic mass is 16.5. The summed E-state index contributed by atoms with van der Waals surface area (Å²) in [5.41, 5.74) is -0.235. The van der Waals surface area contributed by atoms with Crippen LogP contribution in [0.1, 0.15) is 28.8 Å². The van der Waals surface area contributed by atoms with Crippen LogP contribution in [0.2, 0.25) is 0 Å². The molecule has 0 saturated carbocycles. The molecule has 0 aliphatic heterocycles. The summed E-state index contributed by atoms with van der Waals surface area (Å²) in [6, 6.07) is 10.8. The number of hydrogen-bond acceptors (Lipinski definition) is 5. The molecule has 1 amide bonds. The van der Waals surface area contributed by atoms with Gasteiger partial charge in [-0.2, -0.15) is 0 Å². The van der Waals surface area contributed by atoms with Crippen molar-refractivity contribution in [3.63, 3.8) is 0 Å². The minimum Gasteiger partial charge on any atom is -0.494 e. The Labute approximate surface area is 145 Å². The fourth-order valence-corrected chi connectivity index (χ4v) is 2.66. The van der Waals surface area contributed by atoms with Crippen molar-refractivity contribution in [1.82, 2.24) is 10.3 Å². The zero-order chi connectivity index (χ0) is 18.0. The lowest BCUT2D eigenvalue weighted by atomic mass is 10.0. The van der Waals surface area contributed by atoms with E-state index in [1.165, 1.54) is 13.3 Å². The number of rotatable bonds is 5. The number of benzene rings is 1. The van der Waals surface area contributed by atoms with Crippen LogP contribution in [0, 0.1) is 6.92 Å². The van der Waals surface area contributed by atoms with Crippen LogP contribution in [0.15, 0.2) is 47.0 Å². The summed E-state index contributed by atoms with van der Waals surface area (Å²) in [4.78, 5) is 17.0. The van der Waals surface area contributed by atoms with Gasteiger partial charge in [-0.25, -0.2) is 0 Å². The molecule has 1 aromatic carbocycles. The summed E-state index contributed by atoms with van der Waals surface area (Å²) in [6.45, 7) is 3.39. The fraction of sp³-hybridized carbons (Fsp3) is 0.263. The van der Waals surface area contributed by atoms with E-state index in [1.54, 1.807) is 26.0 Å². The first-order valence-corrected chi connectivity index (χ1v) is 7.91. The molecule has 1 unspecified atom stereocenters. The number of methoxy groups -OCH3 is 1. The number of para-hydroxylation sites is 1. The predicted molar refractivity (Wildman–Crippen MR) is 93.6 cm³/mol. The predicted octanol–water partition coefficient (Wildman–Crippen LogP) is 2.78. The van der Waals surface area contributed by atoms with Crippen LogP contribution in [0.25, 0.3) is 10.9 Å². The van der Waals surface area contributed by atoms with Crippen LogP contribution in [-0.4, -0.2) is 29.7 Å². The first-order chi connectivity index (χ1) is 11.9. The zero-order valence-electron chi connectivity index (χ0n) is 14.4. The fourth-order valence-electron chi connectivity index (χ4n) is 2.66. The molecule has 0 bridgehead atoms. The first kappa shape index (κ1) is 17.0. The van der Waals surface area contributed by atoms with Gasteiger partial charge in [0.2, 0.25) is 0 Å². The lowest BCUT2D eigenvalue weighted by molar-refractivity contribution is 0.0323. The molecule has 1 atom stereocenters. The highest BCUT2D eigenvalue weighted by Gasteiger charge is 2.28. The summed E-state index contributed by atoms with van der Waals surface area (Å²) in [5, 5.41) is 14.0. The Bertz CT molecular complexity index is 915. The Balaban J connectivity index is 1.87. The van der Waals surface area contributed by atoms with Crippen molar-refractivity contribution in [2.75, 3.05) is 13.7 Å². The highest BCUT2D eigenvalue weighted by molar-refractivity contribution is 6.08. The Kier molecular flexibility index (Phi) is 4.46. The number of fused-ring (bicyclic) bond motifs is 1. The number of aliphatic hydroxyl groups is 1. The molecule has 25 heavy (non-hydrogen) atoms. The van der Waals surface area contributed by atoms with Crippen molar-refractivity contribution in [3.8, 4) is 5.75 Å². The topological polar surface area (TPSA) is 84.6 Å². The Morgan fingerprint density at radius 2 is 2.08 bits per heavy atom. The van der Waals surface area contributed by atoms with Crippen LogP contribution >= 0.6 is 0 Å².